The summed E-state index contributed by atoms with van der Waals surface area (Å²) in [5.41, 5.74) is 3.41. The molecule has 2 N–H and O–H groups in total. The lowest BCUT2D eigenvalue weighted by Crippen LogP contribution is -2.26. The second kappa shape index (κ2) is 10.1. The van der Waals surface area contributed by atoms with E-state index in [1.54, 1.807) is 42.5 Å². The third-order valence-corrected chi connectivity index (χ3v) is 6.76. The van der Waals surface area contributed by atoms with Crippen LogP contribution in [-0.4, -0.2) is 14.3 Å². The van der Waals surface area contributed by atoms with E-state index in [4.69, 9.17) is 11.6 Å². The molecule has 0 aromatic heterocycles. The maximum Gasteiger partial charge on any atom is 0.241 e. The maximum atomic E-state index is 12.7. The molecule has 0 radical (unpaired) electrons. The van der Waals surface area contributed by atoms with Crippen molar-refractivity contribution in [2.75, 3.05) is 5.32 Å². The monoisotopic (exact) mass is 456 g/mol. The van der Waals surface area contributed by atoms with Crippen LogP contribution in [0.5, 0.6) is 0 Å². The third kappa shape index (κ3) is 6.40. The SMILES string of the molecule is Cc1cc(Cl)ccc1NC(=O)CCc1ccc(S(=O)(=O)N[C@H](C)c2ccccc2)cc1. The molecule has 3 rings (SSSR count). The first-order chi connectivity index (χ1) is 14.7. The van der Waals surface area contributed by atoms with Crippen LogP contribution in [0.1, 0.15) is 36.1 Å². The zero-order chi connectivity index (χ0) is 22.4. The van der Waals surface area contributed by atoms with E-state index >= 15 is 0 Å². The Bertz CT molecular complexity index is 1150. The van der Waals surface area contributed by atoms with Crippen molar-refractivity contribution in [2.45, 2.75) is 37.6 Å². The first-order valence-electron chi connectivity index (χ1n) is 9.97. The van der Waals surface area contributed by atoms with Crippen LogP contribution in [0.15, 0.2) is 77.7 Å². The fraction of sp³-hybridized carbons (Fsp3) is 0.208. The average molecular weight is 457 g/mol. The average Bonchev–Trinajstić information content (AvgIpc) is 2.75. The van der Waals surface area contributed by atoms with Crippen LogP contribution < -0.4 is 10.0 Å². The van der Waals surface area contributed by atoms with Gasteiger partial charge in [-0.25, -0.2) is 13.1 Å². The smallest absolute Gasteiger partial charge is 0.241 e. The zero-order valence-electron chi connectivity index (χ0n) is 17.4. The van der Waals surface area contributed by atoms with Gasteiger partial charge in [0, 0.05) is 23.2 Å². The first kappa shape index (κ1) is 23.0. The molecule has 162 valence electrons. The number of sulfonamides is 1. The van der Waals surface area contributed by atoms with E-state index in [9.17, 15) is 13.2 Å². The van der Waals surface area contributed by atoms with Crippen LogP contribution in [-0.2, 0) is 21.2 Å². The molecule has 0 saturated heterocycles. The van der Waals surface area contributed by atoms with Crippen molar-refractivity contribution in [1.29, 1.82) is 0 Å². The fourth-order valence-electron chi connectivity index (χ4n) is 3.18. The van der Waals surface area contributed by atoms with E-state index in [-0.39, 0.29) is 23.3 Å². The molecular formula is C24H25ClN2O3S. The van der Waals surface area contributed by atoms with Crippen molar-refractivity contribution in [1.82, 2.24) is 4.72 Å². The van der Waals surface area contributed by atoms with Crippen LogP contribution in [0.25, 0.3) is 0 Å². The van der Waals surface area contributed by atoms with Gasteiger partial charge in [-0.05, 0) is 67.3 Å². The number of hydrogen-bond donors (Lipinski definition) is 2. The Morgan fingerprint density at radius 3 is 2.32 bits per heavy atom. The molecule has 0 aliphatic rings. The number of hydrogen-bond acceptors (Lipinski definition) is 3. The van der Waals surface area contributed by atoms with E-state index in [1.165, 1.54) is 0 Å². The van der Waals surface area contributed by atoms with Crippen LogP contribution in [0.2, 0.25) is 5.02 Å². The Hall–Kier alpha value is -2.67. The largest absolute Gasteiger partial charge is 0.326 e. The predicted molar refractivity (Wildman–Crippen MR) is 125 cm³/mol. The Kier molecular flexibility index (Phi) is 7.49. The highest BCUT2D eigenvalue weighted by Gasteiger charge is 2.18. The van der Waals surface area contributed by atoms with Crippen molar-refractivity contribution >= 4 is 33.2 Å². The number of carbonyl (C=O) groups excluding carboxylic acids is 1. The van der Waals surface area contributed by atoms with Gasteiger partial charge in [-0.15, -0.1) is 0 Å². The maximum absolute atomic E-state index is 12.7. The Morgan fingerprint density at radius 2 is 1.68 bits per heavy atom. The van der Waals surface area contributed by atoms with Gasteiger partial charge in [0.1, 0.15) is 0 Å². The number of benzene rings is 3. The molecule has 7 heteroatoms. The molecule has 0 fully saturated rings. The van der Waals surface area contributed by atoms with Gasteiger partial charge in [0.2, 0.25) is 15.9 Å². The molecular weight excluding hydrogens is 432 g/mol. The second-order valence-electron chi connectivity index (χ2n) is 7.41. The number of carbonyl (C=O) groups is 1. The Morgan fingerprint density at radius 1 is 1.00 bits per heavy atom. The van der Waals surface area contributed by atoms with E-state index < -0.39 is 10.0 Å². The summed E-state index contributed by atoms with van der Waals surface area (Å²) in [6, 6.07) is 21.0. The molecule has 3 aromatic rings. The van der Waals surface area contributed by atoms with Gasteiger partial charge in [-0.2, -0.15) is 0 Å². The number of aryl methyl sites for hydroxylation is 2. The van der Waals surface area contributed by atoms with Crippen molar-refractivity contribution in [2.24, 2.45) is 0 Å². The minimum Gasteiger partial charge on any atom is -0.326 e. The van der Waals surface area contributed by atoms with E-state index in [2.05, 4.69) is 10.0 Å². The molecule has 0 unspecified atom stereocenters. The van der Waals surface area contributed by atoms with Crippen LogP contribution in [0.4, 0.5) is 5.69 Å². The predicted octanol–water partition coefficient (Wildman–Crippen LogP) is 5.26. The van der Waals surface area contributed by atoms with Crippen LogP contribution >= 0.6 is 11.6 Å². The zero-order valence-corrected chi connectivity index (χ0v) is 19.0. The molecule has 1 amide bonds. The van der Waals surface area contributed by atoms with Gasteiger partial charge in [0.05, 0.1) is 4.90 Å². The summed E-state index contributed by atoms with van der Waals surface area (Å²) in [4.78, 5) is 12.4. The highest BCUT2D eigenvalue weighted by atomic mass is 35.5. The van der Waals surface area contributed by atoms with Gasteiger partial charge in [0.25, 0.3) is 0 Å². The van der Waals surface area contributed by atoms with Crippen molar-refractivity contribution in [3.05, 3.63) is 94.5 Å². The lowest BCUT2D eigenvalue weighted by atomic mass is 10.1. The Balaban J connectivity index is 1.57. The van der Waals surface area contributed by atoms with Crippen molar-refractivity contribution < 1.29 is 13.2 Å². The first-order valence-corrected chi connectivity index (χ1v) is 11.8. The minimum absolute atomic E-state index is 0.111. The number of amides is 1. The summed E-state index contributed by atoms with van der Waals surface area (Å²) in [6.45, 7) is 3.69. The summed E-state index contributed by atoms with van der Waals surface area (Å²) >= 11 is 5.94. The summed E-state index contributed by atoms with van der Waals surface area (Å²) in [6.07, 6.45) is 0.796. The van der Waals surface area contributed by atoms with E-state index in [0.717, 1.165) is 22.4 Å². The highest BCUT2D eigenvalue weighted by molar-refractivity contribution is 7.89. The Labute approximate surface area is 188 Å². The van der Waals surface area contributed by atoms with Crippen molar-refractivity contribution in [3.8, 4) is 0 Å². The molecule has 5 nitrogen and oxygen atoms in total. The summed E-state index contributed by atoms with van der Waals surface area (Å²) in [5, 5.41) is 3.50. The van der Waals surface area contributed by atoms with E-state index in [0.29, 0.717) is 11.4 Å². The lowest BCUT2D eigenvalue weighted by Gasteiger charge is -2.15. The molecule has 0 spiro atoms. The second-order valence-corrected chi connectivity index (χ2v) is 9.56. The molecule has 0 bridgehead atoms. The van der Waals surface area contributed by atoms with Crippen LogP contribution in [0.3, 0.4) is 0 Å². The minimum atomic E-state index is -3.64. The van der Waals surface area contributed by atoms with E-state index in [1.807, 2.05) is 44.2 Å². The standard InChI is InChI=1S/C24H25ClN2O3S/c1-17-16-21(25)11-14-23(17)26-24(28)15-10-19-8-12-22(13-9-19)31(29,30)27-18(2)20-6-4-3-5-7-20/h3-9,11-14,16,18,27H,10,15H2,1-2H3,(H,26,28)/t18-/m1/s1. The van der Waals surface area contributed by atoms with Crippen molar-refractivity contribution in [3.63, 3.8) is 0 Å². The lowest BCUT2D eigenvalue weighted by molar-refractivity contribution is -0.116. The fourth-order valence-corrected chi connectivity index (χ4v) is 4.64. The number of nitrogens with one attached hydrogen (secondary N) is 2. The molecule has 31 heavy (non-hydrogen) atoms. The summed E-state index contributed by atoms with van der Waals surface area (Å²) in [7, 11) is -3.64. The normalized spacial score (nSPS) is 12.4. The molecule has 0 saturated carbocycles. The number of halogens is 1. The van der Waals surface area contributed by atoms with Gasteiger partial charge < -0.3 is 5.32 Å². The van der Waals surface area contributed by atoms with Gasteiger partial charge in [0.15, 0.2) is 0 Å². The summed E-state index contributed by atoms with van der Waals surface area (Å²) in [5.74, 6) is -0.111. The molecule has 1 atom stereocenters. The van der Waals surface area contributed by atoms with Gasteiger partial charge >= 0.3 is 0 Å². The van der Waals surface area contributed by atoms with Gasteiger partial charge in [-0.1, -0.05) is 54.1 Å². The summed E-state index contributed by atoms with van der Waals surface area (Å²) < 4.78 is 28.0. The highest BCUT2D eigenvalue weighted by Crippen LogP contribution is 2.20. The quantitative estimate of drug-likeness (QED) is 0.485. The van der Waals surface area contributed by atoms with Gasteiger partial charge in [-0.3, -0.25) is 4.79 Å². The number of anilines is 1. The molecule has 0 aliphatic heterocycles. The molecule has 0 heterocycles. The number of rotatable bonds is 8. The molecule has 3 aromatic carbocycles. The van der Waals surface area contributed by atoms with Crippen LogP contribution in [0, 0.1) is 6.92 Å². The topological polar surface area (TPSA) is 75.3 Å². The molecule has 0 aliphatic carbocycles. The third-order valence-electron chi connectivity index (χ3n) is 4.97.